The lowest BCUT2D eigenvalue weighted by Gasteiger charge is -2.38. The van der Waals surface area contributed by atoms with Crippen molar-refractivity contribution in [2.24, 2.45) is 11.3 Å². The van der Waals surface area contributed by atoms with Gasteiger partial charge in [0.15, 0.2) is 0 Å². The molecule has 0 radical (unpaired) electrons. The fourth-order valence-corrected chi connectivity index (χ4v) is 3.86. The van der Waals surface area contributed by atoms with Gasteiger partial charge in [0.25, 0.3) is 0 Å². The van der Waals surface area contributed by atoms with Crippen LogP contribution >= 0.6 is 12.4 Å². The molecule has 1 heterocycles. The van der Waals surface area contributed by atoms with Crippen LogP contribution in [0.15, 0.2) is 30.3 Å². The Morgan fingerprint density at radius 2 is 2.10 bits per heavy atom. The Morgan fingerprint density at radius 3 is 2.86 bits per heavy atom. The molecule has 0 bridgehead atoms. The summed E-state index contributed by atoms with van der Waals surface area (Å²) in [6, 6.07) is 10.3. The van der Waals surface area contributed by atoms with Crippen LogP contribution in [0.25, 0.3) is 0 Å². The highest BCUT2D eigenvalue weighted by molar-refractivity contribution is 5.85. The highest BCUT2D eigenvalue weighted by Gasteiger charge is 2.49. The van der Waals surface area contributed by atoms with Crippen molar-refractivity contribution in [2.45, 2.75) is 38.6 Å². The van der Waals surface area contributed by atoms with Gasteiger partial charge in [-0.2, -0.15) is 0 Å². The van der Waals surface area contributed by atoms with Gasteiger partial charge < -0.3 is 10.6 Å². The zero-order valence-electron chi connectivity index (χ0n) is 12.6. The molecule has 116 valence electrons. The summed E-state index contributed by atoms with van der Waals surface area (Å²) in [7, 11) is 0. The molecule has 1 aliphatic heterocycles. The Bertz CT molecular complexity index is 479. The first-order valence-electron chi connectivity index (χ1n) is 7.79. The fraction of sp³-hybridized carbons (Fsp3) is 0.588. The van der Waals surface area contributed by atoms with E-state index in [2.05, 4.69) is 29.7 Å². The molecule has 1 amide bonds. The highest BCUT2D eigenvalue weighted by atomic mass is 35.5. The minimum atomic E-state index is -0.151. The van der Waals surface area contributed by atoms with E-state index in [9.17, 15) is 4.79 Å². The van der Waals surface area contributed by atoms with Crippen LogP contribution < -0.4 is 10.6 Å². The standard InChI is InChI=1S/C17H24N2O.ClH/c1-13(14-7-3-2-4-8-14)19-16(20)17-10-6-5-9-15(17)11-18-12-17;/h2-4,7-8,13,15,18H,5-6,9-12H2,1H3,(H,19,20);1H/t13?,15-,17+;/m0./s1. The summed E-state index contributed by atoms with van der Waals surface area (Å²) in [5, 5.41) is 6.69. The van der Waals surface area contributed by atoms with E-state index in [0.29, 0.717) is 5.92 Å². The number of benzene rings is 1. The summed E-state index contributed by atoms with van der Waals surface area (Å²) >= 11 is 0. The van der Waals surface area contributed by atoms with Gasteiger partial charge in [-0.15, -0.1) is 12.4 Å². The number of carbonyl (C=O) groups excluding carboxylic acids is 1. The van der Waals surface area contributed by atoms with Gasteiger partial charge in [-0.25, -0.2) is 0 Å². The van der Waals surface area contributed by atoms with Crippen molar-refractivity contribution >= 4 is 18.3 Å². The summed E-state index contributed by atoms with van der Waals surface area (Å²) in [4.78, 5) is 12.8. The molecule has 3 atom stereocenters. The van der Waals surface area contributed by atoms with Crippen molar-refractivity contribution < 1.29 is 4.79 Å². The molecule has 2 fully saturated rings. The van der Waals surface area contributed by atoms with Crippen LogP contribution in [0.3, 0.4) is 0 Å². The smallest absolute Gasteiger partial charge is 0.228 e. The molecule has 1 aromatic carbocycles. The predicted octanol–water partition coefficient (Wildman–Crippen LogP) is 3.07. The first-order chi connectivity index (χ1) is 9.72. The Hall–Kier alpha value is -1.06. The molecule has 1 saturated carbocycles. The lowest BCUT2D eigenvalue weighted by molar-refractivity contribution is -0.134. The number of amides is 1. The zero-order chi connectivity index (χ0) is 14.0. The molecule has 2 aliphatic rings. The molecule has 0 spiro atoms. The van der Waals surface area contributed by atoms with Crippen molar-refractivity contribution in [3.05, 3.63) is 35.9 Å². The number of rotatable bonds is 3. The predicted molar refractivity (Wildman–Crippen MR) is 87.5 cm³/mol. The van der Waals surface area contributed by atoms with E-state index in [4.69, 9.17) is 0 Å². The quantitative estimate of drug-likeness (QED) is 0.901. The second kappa shape index (κ2) is 6.80. The van der Waals surface area contributed by atoms with Crippen LogP contribution in [-0.2, 0) is 4.79 Å². The van der Waals surface area contributed by atoms with Crippen LogP contribution in [-0.4, -0.2) is 19.0 Å². The summed E-state index contributed by atoms with van der Waals surface area (Å²) in [5.74, 6) is 0.780. The molecular formula is C17H25ClN2O. The summed E-state index contributed by atoms with van der Waals surface area (Å²) in [6.45, 7) is 3.93. The average molecular weight is 309 g/mol. The van der Waals surface area contributed by atoms with Gasteiger partial charge in [0.2, 0.25) is 5.91 Å². The maximum atomic E-state index is 12.8. The lowest BCUT2D eigenvalue weighted by atomic mass is 9.67. The number of fused-ring (bicyclic) bond motifs is 1. The Morgan fingerprint density at radius 1 is 1.33 bits per heavy atom. The highest BCUT2D eigenvalue weighted by Crippen LogP contribution is 2.44. The normalized spacial score (nSPS) is 29.1. The Balaban J connectivity index is 0.00000161. The summed E-state index contributed by atoms with van der Waals surface area (Å²) in [5.41, 5.74) is 1.02. The number of halogens is 1. The van der Waals surface area contributed by atoms with E-state index in [1.165, 1.54) is 24.8 Å². The molecule has 3 nitrogen and oxygen atoms in total. The van der Waals surface area contributed by atoms with Gasteiger partial charge in [0.1, 0.15) is 0 Å². The van der Waals surface area contributed by atoms with Gasteiger partial charge in [0, 0.05) is 6.54 Å². The van der Waals surface area contributed by atoms with E-state index in [1.54, 1.807) is 0 Å². The van der Waals surface area contributed by atoms with Crippen molar-refractivity contribution in [1.82, 2.24) is 10.6 Å². The Labute approximate surface area is 133 Å². The minimum Gasteiger partial charge on any atom is -0.349 e. The summed E-state index contributed by atoms with van der Waals surface area (Å²) in [6.07, 6.45) is 4.69. The molecular weight excluding hydrogens is 284 g/mol. The molecule has 21 heavy (non-hydrogen) atoms. The fourth-order valence-electron chi connectivity index (χ4n) is 3.86. The first-order valence-corrected chi connectivity index (χ1v) is 7.79. The average Bonchev–Trinajstić information content (AvgIpc) is 2.93. The SMILES string of the molecule is CC(NC(=O)[C@@]12CCCC[C@H]1CNC2)c1ccccc1.Cl. The molecule has 1 aromatic rings. The molecule has 3 rings (SSSR count). The molecule has 1 saturated heterocycles. The number of carbonyl (C=O) groups is 1. The van der Waals surface area contributed by atoms with E-state index >= 15 is 0 Å². The van der Waals surface area contributed by atoms with Crippen LogP contribution in [0.5, 0.6) is 0 Å². The van der Waals surface area contributed by atoms with Crippen molar-refractivity contribution in [1.29, 1.82) is 0 Å². The van der Waals surface area contributed by atoms with Crippen molar-refractivity contribution in [2.75, 3.05) is 13.1 Å². The maximum Gasteiger partial charge on any atom is 0.228 e. The van der Waals surface area contributed by atoms with Gasteiger partial charge in [0.05, 0.1) is 11.5 Å². The number of hydrogen-bond acceptors (Lipinski definition) is 2. The zero-order valence-corrected chi connectivity index (χ0v) is 13.4. The molecule has 1 aliphatic carbocycles. The number of hydrogen-bond donors (Lipinski definition) is 2. The van der Waals surface area contributed by atoms with Gasteiger partial charge in [-0.3, -0.25) is 4.79 Å². The van der Waals surface area contributed by atoms with Crippen LogP contribution in [0, 0.1) is 11.3 Å². The lowest BCUT2D eigenvalue weighted by Crippen LogP contribution is -2.48. The van der Waals surface area contributed by atoms with Crippen LogP contribution in [0.2, 0.25) is 0 Å². The molecule has 4 heteroatoms. The molecule has 0 aromatic heterocycles. The molecule has 2 N–H and O–H groups in total. The maximum absolute atomic E-state index is 12.8. The van der Waals surface area contributed by atoms with Gasteiger partial charge >= 0.3 is 0 Å². The summed E-state index contributed by atoms with van der Waals surface area (Å²) < 4.78 is 0. The van der Waals surface area contributed by atoms with Crippen molar-refractivity contribution in [3.8, 4) is 0 Å². The molecule has 1 unspecified atom stereocenters. The van der Waals surface area contributed by atoms with E-state index in [0.717, 1.165) is 19.5 Å². The van der Waals surface area contributed by atoms with Gasteiger partial charge in [-0.05, 0) is 37.8 Å². The topological polar surface area (TPSA) is 41.1 Å². The van der Waals surface area contributed by atoms with E-state index in [1.807, 2.05) is 18.2 Å². The Kier molecular flexibility index (Phi) is 5.28. The third-order valence-electron chi connectivity index (χ3n) is 5.14. The second-order valence-electron chi connectivity index (χ2n) is 6.34. The van der Waals surface area contributed by atoms with Crippen molar-refractivity contribution in [3.63, 3.8) is 0 Å². The second-order valence-corrected chi connectivity index (χ2v) is 6.34. The van der Waals surface area contributed by atoms with Gasteiger partial charge in [-0.1, -0.05) is 43.2 Å². The first kappa shape index (κ1) is 16.3. The van der Waals surface area contributed by atoms with Crippen LogP contribution in [0.4, 0.5) is 0 Å². The third-order valence-corrected chi connectivity index (χ3v) is 5.14. The third kappa shape index (κ3) is 3.09. The number of nitrogens with one attached hydrogen (secondary N) is 2. The largest absolute Gasteiger partial charge is 0.349 e. The minimum absolute atomic E-state index is 0. The van der Waals surface area contributed by atoms with E-state index in [-0.39, 0.29) is 29.8 Å². The van der Waals surface area contributed by atoms with E-state index < -0.39 is 0 Å². The monoisotopic (exact) mass is 308 g/mol. The van der Waals surface area contributed by atoms with Crippen LogP contribution in [0.1, 0.15) is 44.2 Å².